The summed E-state index contributed by atoms with van der Waals surface area (Å²) in [6.45, 7) is 0.469. The molecule has 4 rings (SSSR count). The van der Waals surface area contributed by atoms with Crippen LogP contribution in [0, 0.1) is 0 Å². The van der Waals surface area contributed by atoms with Gasteiger partial charge in [0.1, 0.15) is 5.65 Å². The lowest BCUT2D eigenvalue weighted by molar-refractivity contribution is 0.0952. The van der Waals surface area contributed by atoms with E-state index in [0.717, 1.165) is 27.5 Å². The van der Waals surface area contributed by atoms with Crippen LogP contribution >= 0.6 is 0 Å². The van der Waals surface area contributed by atoms with Gasteiger partial charge in [-0.25, -0.2) is 4.98 Å². The van der Waals surface area contributed by atoms with Crippen LogP contribution in [0.2, 0.25) is 0 Å². The van der Waals surface area contributed by atoms with Crippen LogP contribution in [-0.2, 0) is 6.54 Å². The molecule has 0 atom stereocenters. The van der Waals surface area contributed by atoms with E-state index in [0.29, 0.717) is 12.1 Å². The molecule has 4 aromatic rings. The third kappa shape index (κ3) is 2.03. The van der Waals surface area contributed by atoms with E-state index in [1.165, 1.54) is 0 Å². The fourth-order valence-corrected chi connectivity index (χ4v) is 2.73. The molecule has 5 heteroatoms. The Kier molecular flexibility index (Phi) is 2.89. The summed E-state index contributed by atoms with van der Waals surface area (Å²) in [4.78, 5) is 22.9. The molecule has 0 bridgehead atoms. The van der Waals surface area contributed by atoms with Crippen LogP contribution in [0.5, 0.6) is 0 Å². The minimum absolute atomic E-state index is 0.0781. The van der Waals surface area contributed by atoms with Crippen molar-refractivity contribution in [1.29, 1.82) is 0 Å². The Labute approximate surface area is 126 Å². The van der Waals surface area contributed by atoms with E-state index < -0.39 is 0 Å². The highest BCUT2D eigenvalue weighted by Gasteiger charge is 2.11. The molecular formula is C17H14N4O. The molecule has 0 unspecified atom stereocenters. The van der Waals surface area contributed by atoms with Gasteiger partial charge < -0.3 is 15.3 Å². The number of aromatic amines is 2. The molecule has 0 saturated heterocycles. The minimum Gasteiger partial charge on any atom is -0.361 e. The predicted octanol–water partition coefficient (Wildman–Crippen LogP) is 2.97. The molecule has 0 aliphatic heterocycles. The summed E-state index contributed by atoms with van der Waals surface area (Å²) in [5.74, 6) is -0.0781. The molecule has 108 valence electrons. The van der Waals surface area contributed by atoms with Gasteiger partial charge in [0.05, 0.1) is 0 Å². The first kappa shape index (κ1) is 12.6. The van der Waals surface area contributed by atoms with Gasteiger partial charge in [0.2, 0.25) is 0 Å². The number of nitrogens with zero attached hydrogens (tertiary/aromatic N) is 1. The lowest BCUT2D eigenvalue weighted by atomic mass is 10.1. The van der Waals surface area contributed by atoms with Crippen LogP contribution in [-0.4, -0.2) is 20.9 Å². The minimum atomic E-state index is -0.0781. The Bertz CT molecular complexity index is 967. The molecule has 1 amide bonds. The van der Waals surface area contributed by atoms with Gasteiger partial charge in [-0.05, 0) is 35.9 Å². The van der Waals surface area contributed by atoms with Crippen molar-refractivity contribution in [3.05, 3.63) is 66.1 Å². The molecule has 22 heavy (non-hydrogen) atoms. The standard InChI is InChI=1S/C17H14N4O/c22-17(14-2-1-3-15-13(14)6-8-18-15)21-10-11-4-7-19-16-12(11)5-9-20-16/h1-9,18H,10H2,(H,19,20)(H,21,22). The van der Waals surface area contributed by atoms with Gasteiger partial charge in [0.25, 0.3) is 5.91 Å². The number of amides is 1. The van der Waals surface area contributed by atoms with Crippen LogP contribution < -0.4 is 5.32 Å². The molecule has 3 aromatic heterocycles. The summed E-state index contributed by atoms with van der Waals surface area (Å²) in [7, 11) is 0. The number of nitrogens with one attached hydrogen (secondary N) is 3. The maximum Gasteiger partial charge on any atom is 0.252 e. The van der Waals surface area contributed by atoms with E-state index >= 15 is 0 Å². The van der Waals surface area contributed by atoms with Crippen molar-refractivity contribution < 1.29 is 4.79 Å². The molecule has 0 aliphatic rings. The molecule has 0 radical (unpaired) electrons. The van der Waals surface area contributed by atoms with Crippen molar-refractivity contribution in [2.75, 3.05) is 0 Å². The fourth-order valence-electron chi connectivity index (χ4n) is 2.73. The summed E-state index contributed by atoms with van der Waals surface area (Å²) in [5.41, 5.74) is 3.52. The summed E-state index contributed by atoms with van der Waals surface area (Å²) < 4.78 is 0. The lowest BCUT2D eigenvalue weighted by Gasteiger charge is -2.07. The first-order chi connectivity index (χ1) is 10.8. The smallest absolute Gasteiger partial charge is 0.252 e. The lowest BCUT2D eigenvalue weighted by Crippen LogP contribution is -2.23. The highest BCUT2D eigenvalue weighted by atomic mass is 16.1. The topological polar surface area (TPSA) is 73.6 Å². The second-order valence-electron chi connectivity index (χ2n) is 5.14. The van der Waals surface area contributed by atoms with Gasteiger partial charge in [0.15, 0.2) is 0 Å². The maximum absolute atomic E-state index is 12.5. The number of rotatable bonds is 3. The zero-order valence-corrected chi connectivity index (χ0v) is 11.8. The van der Waals surface area contributed by atoms with E-state index in [9.17, 15) is 4.79 Å². The van der Waals surface area contributed by atoms with Crippen LogP contribution in [0.3, 0.4) is 0 Å². The summed E-state index contributed by atoms with van der Waals surface area (Å²) in [6.07, 6.45) is 5.43. The van der Waals surface area contributed by atoms with Crippen molar-refractivity contribution in [2.45, 2.75) is 6.54 Å². The third-order valence-electron chi connectivity index (χ3n) is 3.83. The highest BCUT2D eigenvalue weighted by molar-refractivity contribution is 6.06. The van der Waals surface area contributed by atoms with Gasteiger partial charge in [0, 0.05) is 47.0 Å². The molecule has 0 aliphatic carbocycles. The molecule has 1 aromatic carbocycles. The molecule has 0 saturated carbocycles. The van der Waals surface area contributed by atoms with E-state index in [1.54, 1.807) is 6.20 Å². The Morgan fingerprint density at radius 1 is 1.05 bits per heavy atom. The van der Waals surface area contributed by atoms with E-state index in [4.69, 9.17) is 0 Å². The van der Waals surface area contributed by atoms with Crippen molar-refractivity contribution in [3.8, 4) is 0 Å². The number of pyridine rings is 1. The SMILES string of the molecule is O=C(NCc1ccnc2[nH]ccc12)c1cccc2[nH]ccc12. The largest absolute Gasteiger partial charge is 0.361 e. The van der Waals surface area contributed by atoms with E-state index in [-0.39, 0.29) is 5.91 Å². The first-order valence-electron chi connectivity index (χ1n) is 7.08. The average Bonchev–Trinajstić information content (AvgIpc) is 3.20. The average molecular weight is 290 g/mol. The first-order valence-corrected chi connectivity index (χ1v) is 7.08. The van der Waals surface area contributed by atoms with Crippen molar-refractivity contribution >= 4 is 27.8 Å². The normalized spacial score (nSPS) is 11.1. The molecule has 3 heterocycles. The van der Waals surface area contributed by atoms with E-state index in [1.807, 2.05) is 48.8 Å². The third-order valence-corrected chi connectivity index (χ3v) is 3.83. The van der Waals surface area contributed by atoms with Crippen LogP contribution in [0.15, 0.2) is 55.0 Å². The number of aromatic nitrogens is 3. The summed E-state index contributed by atoms with van der Waals surface area (Å²) in [6, 6.07) is 11.5. The van der Waals surface area contributed by atoms with Gasteiger partial charge in [-0.3, -0.25) is 4.79 Å². The summed E-state index contributed by atoms with van der Waals surface area (Å²) in [5, 5.41) is 4.95. The van der Waals surface area contributed by atoms with Crippen LogP contribution in [0.1, 0.15) is 15.9 Å². The number of hydrogen-bond donors (Lipinski definition) is 3. The highest BCUT2D eigenvalue weighted by Crippen LogP contribution is 2.18. The quantitative estimate of drug-likeness (QED) is 0.542. The number of carbonyl (C=O) groups excluding carboxylic acids is 1. The number of H-pyrrole nitrogens is 2. The maximum atomic E-state index is 12.5. The van der Waals surface area contributed by atoms with Crippen molar-refractivity contribution in [2.24, 2.45) is 0 Å². The Morgan fingerprint density at radius 2 is 1.91 bits per heavy atom. The zero-order chi connectivity index (χ0) is 14.9. The predicted molar refractivity (Wildman–Crippen MR) is 85.6 cm³/mol. The molecular weight excluding hydrogens is 276 g/mol. The van der Waals surface area contributed by atoms with Crippen molar-refractivity contribution in [1.82, 2.24) is 20.3 Å². The monoisotopic (exact) mass is 290 g/mol. The Balaban J connectivity index is 1.60. The molecule has 0 fully saturated rings. The molecule has 3 N–H and O–H groups in total. The van der Waals surface area contributed by atoms with Gasteiger partial charge in [-0.2, -0.15) is 0 Å². The van der Waals surface area contributed by atoms with Crippen LogP contribution in [0.4, 0.5) is 0 Å². The second kappa shape index (κ2) is 5.04. The Morgan fingerprint density at radius 3 is 2.86 bits per heavy atom. The van der Waals surface area contributed by atoms with Gasteiger partial charge in [-0.15, -0.1) is 0 Å². The summed E-state index contributed by atoms with van der Waals surface area (Å²) >= 11 is 0. The molecule has 0 spiro atoms. The number of hydrogen-bond acceptors (Lipinski definition) is 2. The van der Waals surface area contributed by atoms with Gasteiger partial charge >= 0.3 is 0 Å². The number of benzene rings is 1. The Hall–Kier alpha value is -3.08. The van der Waals surface area contributed by atoms with E-state index in [2.05, 4.69) is 20.3 Å². The second-order valence-corrected chi connectivity index (χ2v) is 5.14. The number of fused-ring (bicyclic) bond motifs is 2. The van der Waals surface area contributed by atoms with Crippen molar-refractivity contribution in [3.63, 3.8) is 0 Å². The molecule has 5 nitrogen and oxygen atoms in total. The van der Waals surface area contributed by atoms with Gasteiger partial charge in [-0.1, -0.05) is 6.07 Å². The fraction of sp³-hybridized carbons (Fsp3) is 0.0588. The number of carbonyl (C=O) groups is 1. The van der Waals surface area contributed by atoms with Crippen LogP contribution in [0.25, 0.3) is 21.9 Å². The zero-order valence-electron chi connectivity index (χ0n) is 11.8.